The molecule has 0 aliphatic rings. The van der Waals surface area contributed by atoms with Gasteiger partial charge in [0.1, 0.15) is 0 Å². The summed E-state index contributed by atoms with van der Waals surface area (Å²) in [5.41, 5.74) is 5.01. The second-order valence-electron chi connectivity index (χ2n) is 5.92. The smallest absolute Gasteiger partial charge is 0.252 e. The minimum Gasteiger partial charge on any atom is -0.504 e. The van der Waals surface area contributed by atoms with E-state index in [1.165, 1.54) is 19.4 Å². The summed E-state index contributed by atoms with van der Waals surface area (Å²) in [7, 11) is 1.48. The number of amides is 1. The topological polar surface area (TPSA) is 70.9 Å². The Morgan fingerprint density at radius 3 is 2.11 bits per heavy atom. The van der Waals surface area contributed by atoms with Crippen LogP contribution in [0.15, 0.2) is 84.0 Å². The number of phenols is 1. The van der Waals surface area contributed by atoms with Gasteiger partial charge in [-0.2, -0.15) is 5.10 Å². The van der Waals surface area contributed by atoms with Crippen molar-refractivity contribution in [1.82, 2.24) is 5.43 Å². The number of carbonyl (C=O) groups is 1. The van der Waals surface area contributed by atoms with Crippen LogP contribution in [0, 0.1) is 0 Å². The van der Waals surface area contributed by atoms with Gasteiger partial charge in [0, 0.05) is 0 Å². The van der Waals surface area contributed by atoms with Crippen molar-refractivity contribution in [3.8, 4) is 11.5 Å². The van der Waals surface area contributed by atoms with Gasteiger partial charge in [-0.1, -0.05) is 60.7 Å². The summed E-state index contributed by atoms with van der Waals surface area (Å²) in [6, 6.07) is 24.0. The second-order valence-corrected chi connectivity index (χ2v) is 5.92. The van der Waals surface area contributed by atoms with E-state index < -0.39 is 5.92 Å². The predicted molar refractivity (Wildman–Crippen MR) is 105 cm³/mol. The fourth-order valence-corrected chi connectivity index (χ4v) is 2.81. The first-order valence-corrected chi connectivity index (χ1v) is 8.49. The lowest BCUT2D eigenvalue weighted by Gasteiger charge is -2.16. The molecule has 5 heteroatoms. The van der Waals surface area contributed by atoms with Crippen LogP contribution in [-0.2, 0) is 4.79 Å². The number of benzene rings is 3. The monoisotopic (exact) mass is 360 g/mol. The summed E-state index contributed by atoms with van der Waals surface area (Å²) in [4.78, 5) is 12.8. The zero-order valence-corrected chi connectivity index (χ0v) is 14.9. The molecule has 0 spiro atoms. The summed E-state index contributed by atoms with van der Waals surface area (Å²) in [5.74, 6) is -0.307. The highest BCUT2D eigenvalue weighted by molar-refractivity contribution is 5.88. The maximum absolute atomic E-state index is 12.8. The summed E-state index contributed by atoms with van der Waals surface area (Å²) < 4.78 is 5.01. The third-order valence-electron chi connectivity index (χ3n) is 4.12. The van der Waals surface area contributed by atoms with Gasteiger partial charge >= 0.3 is 0 Å². The minimum absolute atomic E-state index is 0.0132. The number of hydrogen-bond acceptors (Lipinski definition) is 4. The van der Waals surface area contributed by atoms with Crippen LogP contribution in [-0.4, -0.2) is 24.3 Å². The van der Waals surface area contributed by atoms with E-state index >= 15 is 0 Å². The van der Waals surface area contributed by atoms with E-state index in [4.69, 9.17) is 4.74 Å². The average molecular weight is 360 g/mol. The van der Waals surface area contributed by atoms with E-state index in [-0.39, 0.29) is 11.7 Å². The molecule has 5 nitrogen and oxygen atoms in total. The van der Waals surface area contributed by atoms with Crippen molar-refractivity contribution >= 4 is 12.1 Å². The quantitative estimate of drug-likeness (QED) is 0.520. The number of phenolic OH excluding ortho intramolecular Hbond substituents is 1. The van der Waals surface area contributed by atoms with E-state index in [1.54, 1.807) is 12.1 Å². The zero-order chi connectivity index (χ0) is 19.1. The Kier molecular flexibility index (Phi) is 5.84. The normalized spacial score (nSPS) is 10.9. The molecule has 0 aliphatic carbocycles. The Balaban J connectivity index is 1.78. The summed E-state index contributed by atoms with van der Waals surface area (Å²) >= 11 is 0. The van der Waals surface area contributed by atoms with Gasteiger partial charge in [0.2, 0.25) is 0 Å². The fourth-order valence-electron chi connectivity index (χ4n) is 2.81. The van der Waals surface area contributed by atoms with Crippen LogP contribution in [0.4, 0.5) is 0 Å². The lowest BCUT2D eigenvalue weighted by Crippen LogP contribution is -2.26. The molecule has 27 heavy (non-hydrogen) atoms. The van der Waals surface area contributed by atoms with Gasteiger partial charge in [0.05, 0.1) is 19.2 Å². The lowest BCUT2D eigenvalue weighted by molar-refractivity contribution is -0.121. The molecule has 0 aromatic heterocycles. The number of aromatic hydroxyl groups is 1. The van der Waals surface area contributed by atoms with Gasteiger partial charge in [-0.3, -0.25) is 4.79 Å². The molecule has 0 saturated heterocycles. The SMILES string of the molecule is COc1ccc(/C=N\NC(=O)C(c2ccccc2)c2ccccc2)cc1O. The van der Waals surface area contributed by atoms with Gasteiger partial charge in [-0.25, -0.2) is 5.43 Å². The van der Waals surface area contributed by atoms with Crippen molar-refractivity contribution in [2.75, 3.05) is 7.11 Å². The number of hydrazone groups is 1. The standard InChI is InChI=1S/C22H20N2O3/c1-27-20-13-12-16(14-19(20)25)15-23-24-22(26)21(17-8-4-2-5-9-17)18-10-6-3-7-11-18/h2-15,21,25H,1H3,(H,24,26)/b23-15-. The molecule has 0 fully saturated rings. The fraction of sp³-hybridized carbons (Fsp3) is 0.0909. The molecule has 1 amide bonds. The first-order chi connectivity index (χ1) is 13.2. The zero-order valence-electron chi connectivity index (χ0n) is 14.9. The molecule has 3 rings (SSSR count). The lowest BCUT2D eigenvalue weighted by atomic mass is 9.91. The summed E-state index contributed by atoms with van der Waals surface area (Å²) in [6.45, 7) is 0. The highest BCUT2D eigenvalue weighted by Crippen LogP contribution is 2.26. The Hall–Kier alpha value is -3.60. The van der Waals surface area contributed by atoms with Crippen molar-refractivity contribution < 1.29 is 14.6 Å². The molecule has 0 bridgehead atoms. The average Bonchev–Trinajstić information content (AvgIpc) is 2.70. The molecule has 2 N–H and O–H groups in total. The van der Waals surface area contributed by atoms with Gasteiger partial charge in [-0.15, -0.1) is 0 Å². The van der Waals surface area contributed by atoms with Crippen molar-refractivity contribution in [2.24, 2.45) is 5.10 Å². The summed E-state index contributed by atoms with van der Waals surface area (Å²) in [5, 5.41) is 13.8. The Morgan fingerprint density at radius 2 is 1.59 bits per heavy atom. The van der Waals surface area contributed by atoms with Crippen LogP contribution >= 0.6 is 0 Å². The van der Waals surface area contributed by atoms with Crippen LogP contribution in [0.3, 0.4) is 0 Å². The minimum atomic E-state index is -0.464. The van der Waals surface area contributed by atoms with Crippen molar-refractivity contribution in [3.05, 3.63) is 95.6 Å². The van der Waals surface area contributed by atoms with Crippen LogP contribution in [0.2, 0.25) is 0 Å². The maximum atomic E-state index is 12.8. The van der Waals surface area contributed by atoms with E-state index in [0.29, 0.717) is 11.3 Å². The molecule has 0 radical (unpaired) electrons. The summed E-state index contributed by atoms with van der Waals surface area (Å²) in [6.07, 6.45) is 1.48. The highest BCUT2D eigenvalue weighted by atomic mass is 16.5. The molecule has 0 saturated carbocycles. The Morgan fingerprint density at radius 1 is 1.00 bits per heavy atom. The first kappa shape index (κ1) is 18.2. The maximum Gasteiger partial charge on any atom is 0.252 e. The molecule has 0 heterocycles. The Labute approximate surface area is 157 Å². The van der Waals surface area contributed by atoms with E-state index in [1.807, 2.05) is 60.7 Å². The van der Waals surface area contributed by atoms with Crippen molar-refractivity contribution in [2.45, 2.75) is 5.92 Å². The van der Waals surface area contributed by atoms with Crippen LogP contribution < -0.4 is 10.2 Å². The van der Waals surface area contributed by atoms with Crippen molar-refractivity contribution in [3.63, 3.8) is 0 Å². The van der Waals surface area contributed by atoms with Gasteiger partial charge < -0.3 is 9.84 Å². The van der Waals surface area contributed by atoms with Crippen LogP contribution in [0.1, 0.15) is 22.6 Å². The molecule has 136 valence electrons. The molecular weight excluding hydrogens is 340 g/mol. The largest absolute Gasteiger partial charge is 0.504 e. The second kappa shape index (κ2) is 8.67. The van der Waals surface area contributed by atoms with Gasteiger partial charge in [0.25, 0.3) is 5.91 Å². The van der Waals surface area contributed by atoms with E-state index in [2.05, 4.69) is 10.5 Å². The number of carbonyl (C=O) groups excluding carboxylic acids is 1. The molecule has 0 atom stereocenters. The Bertz CT molecular complexity index is 885. The molecule has 0 aliphatic heterocycles. The first-order valence-electron chi connectivity index (χ1n) is 8.49. The number of rotatable bonds is 6. The number of ether oxygens (including phenoxy) is 1. The van der Waals surface area contributed by atoms with Crippen LogP contribution in [0.25, 0.3) is 0 Å². The number of nitrogens with zero attached hydrogens (tertiary/aromatic N) is 1. The van der Waals surface area contributed by atoms with E-state index in [0.717, 1.165) is 11.1 Å². The molecule has 3 aromatic carbocycles. The molecule has 3 aromatic rings. The third-order valence-corrected chi connectivity index (χ3v) is 4.12. The number of methoxy groups -OCH3 is 1. The number of nitrogens with one attached hydrogen (secondary N) is 1. The van der Waals surface area contributed by atoms with Crippen molar-refractivity contribution in [1.29, 1.82) is 0 Å². The molecule has 0 unspecified atom stereocenters. The predicted octanol–water partition coefficient (Wildman–Crippen LogP) is 3.68. The molecular formula is C22H20N2O3. The third kappa shape index (κ3) is 4.52. The van der Waals surface area contributed by atoms with Gasteiger partial charge in [-0.05, 0) is 34.9 Å². The van der Waals surface area contributed by atoms with E-state index in [9.17, 15) is 9.90 Å². The highest BCUT2D eigenvalue weighted by Gasteiger charge is 2.22. The number of hydrogen-bond donors (Lipinski definition) is 2. The van der Waals surface area contributed by atoms with Crippen LogP contribution in [0.5, 0.6) is 11.5 Å². The van der Waals surface area contributed by atoms with Gasteiger partial charge in [0.15, 0.2) is 11.5 Å².